The average Bonchev–Trinajstić information content (AvgIpc) is 2.97. The van der Waals surface area contributed by atoms with Gasteiger partial charge in [0.25, 0.3) is 0 Å². The van der Waals surface area contributed by atoms with Crippen molar-refractivity contribution >= 4 is 5.97 Å². The number of carbonyl (C=O) groups is 1. The third kappa shape index (κ3) is 3.21. The molecule has 3 atom stereocenters. The zero-order valence-electron chi connectivity index (χ0n) is 14.9. The van der Waals surface area contributed by atoms with Crippen LogP contribution in [-0.4, -0.2) is 30.9 Å². The van der Waals surface area contributed by atoms with Crippen molar-refractivity contribution in [2.24, 2.45) is 5.92 Å². The molecule has 0 unspecified atom stereocenters. The molecule has 1 aliphatic rings. The van der Waals surface area contributed by atoms with E-state index in [0.29, 0.717) is 5.56 Å². The van der Waals surface area contributed by atoms with Gasteiger partial charge in [0.1, 0.15) is 5.92 Å². The summed E-state index contributed by atoms with van der Waals surface area (Å²) in [5, 5.41) is 1.11. The number of ether oxygens (including phenoxy) is 1. The second kappa shape index (κ2) is 7.32. The highest BCUT2D eigenvalue weighted by Gasteiger charge is 2.72. The molecular formula is C20H20F3NO3. The molecule has 1 fully saturated rings. The standard InChI is InChI=1S/C20H20F3NO3/c1-3-26-18(25)16-17(14-10-6-4-7-11-14)24(2)27-19(16,20(21,22)23)15-12-8-5-9-13-15/h4-13,16-17H,3H2,1-2H3/t16-,17+,19-/m1/s1. The summed E-state index contributed by atoms with van der Waals surface area (Å²) in [6.07, 6.45) is -4.84. The molecular weight excluding hydrogens is 359 g/mol. The molecule has 2 aromatic rings. The van der Waals surface area contributed by atoms with Crippen LogP contribution in [0.25, 0.3) is 0 Å². The number of carbonyl (C=O) groups excluding carboxylic acids is 1. The van der Waals surface area contributed by atoms with Crippen LogP contribution in [-0.2, 0) is 20.0 Å². The maximum atomic E-state index is 14.5. The molecule has 27 heavy (non-hydrogen) atoms. The van der Waals surface area contributed by atoms with Crippen LogP contribution in [0.2, 0.25) is 0 Å². The van der Waals surface area contributed by atoms with Gasteiger partial charge in [-0.05, 0) is 18.1 Å². The van der Waals surface area contributed by atoms with Crippen molar-refractivity contribution < 1.29 is 27.5 Å². The lowest BCUT2D eigenvalue weighted by atomic mass is 9.75. The van der Waals surface area contributed by atoms with Crippen molar-refractivity contribution in [3.8, 4) is 0 Å². The Morgan fingerprint density at radius 2 is 1.67 bits per heavy atom. The predicted octanol–water partition coefficient (Wildman–Crippen LogP) is 4.24. The van der Waals surface area contributed by atoms with E-state index in [-0.39, 0.29) is 12.2 Å². The maximum Gasteiger partial charge on any atom is 0.424 e. The van der Waals surface area contributed by atoms with Gasteiger partial charge in [0.2, 0.25) is 5.60 Å². The summed E-state index contributed by atoms with van der Waals surface area (Å²) in [5.74, 6) is -2.57. The van der Waals surface area contributed by atoms with E-state index >= 15 is 0 Å². The Morgan fingerprint density at radius 3 is 2.19 bits per heavy atom. The number of rotatable bonds is 4. The highest BCUT2D eigenvalue weighted by Crippen LogP contribution is 2.58. The maximum absolute atomic E-state index is 14.5. The van der Waals surface area contributed by atoms with Crippen molar-refractivity contribution in [1.82, 2.24) is 5.06 Å². The molecule has 0 bridgehead atoms. The van der Waals surface area contributed by atoms with Crippen LogP contribution in [0.5, 0.6) is 0 Å². The zero-order valence-corrected chi connectivity index (χ0v) is 14.9. The topological polar surface area (TPSA) is 38.8 Å². The van der Waals surface area contributed by atoms with E-state index in [4.69, 9.17) is 9.57 Å². The van der Waals surface area contributed by atoms with Gasteiger partial charge in [0.15, 0.2) is 0 Å². The highest BCUT2D eigenvalue weighted by molar-refractivity contribution is 5.76. The van der Waals surface area contributed by atoms with Gasteiger partial charge in [-0.1, -0.05) is 60.7 Å². The Kier molecular flexibility index (Phi) is 5.26. The molecule has 0 radical (unpaired) electrons. The van der Waals surface area contributed by atoms with Gasteiger partial charge in [-0.25, -0.2) is 0 Å². The van der Waals surface area contributed by atoms with Crippen molar-refractivity contribution in [3.05, 3.63) is 71.8 Å². The van der Waals surface area contributed by atoms with E-state index in [1.807, 2.05) is 0 Å². The number of hydroxylamine groups is 2. The van der Waals surface area contributed by atoms with E-state index in [2.05, 4.69) is 0 Å². The fourth-order valence-corrected chi connectivity index (χ4v) is 3.66. The Morgan fingerprint density at radius 1 is 1.11 bits per heavy atom. The van der Waals surface area contributed by atoms with Crippen molar-refractivity contribution in [3.63, 3.8) is 0 Å². The summed E-state index contributed by atoms with van der Waals surface area (Å²) >= 11 is 0. The quantitative estimate of drug-likeness (QED) is 0.745. The number of nitrogens with zero attached hydrogens (tertiary/aromatic N) is 1. The van der Waals surface area contributed by atoms with Crippen LogP contribution in [0.15, 0.2) is 60.7 Å². The fraction of sp³-hybridized carbons (Fsp3) is 0.350. The molecule has 1 aliphatic heterocycles. The smallest absolute Gasteiger partial charge is 0.424 e. The molecule has 0 spiro atoms. The number of esters is 1. The first-order valence-electron chi connectivity index (χ1n) is 8.58. The summed E-state index contributed by atoms with van der Waals surface area (Å²) in [4.78, 5) is 18.2. The first kappa shape index (κ1) is 19.4. The Labute approximate surface area is 155 Å². The number of hydrogen-bond acceptors (Lipinski definition) is 4. The van der Waals surface area contributed by atoms with E-state index in [0.717, 1.165) is 5.06 Å². The molecule has 0 amide bonds. The van der Waals surface area contributed by atoms with Crippen LogP contribution >= 0.6 is 0 Å². The van der Waals surface area contributed by atoms with Crippen LogP contribution in [0, 0.1) is 5.92 Å². The van der Waals surface area contributed by atoms with Gasteiger partial charge in [-0.2, -0.15) is 18.2 Å². The van der Waals surface area contributed by atoms with Crippen LogP contribution in [0.4, 0.5) is 13.2 Å². The van der Waals surface area contributed by atoms with E-state index in [1.54, 1.807) is 43.3 Å². The minimum atomic E-state index is -4.84. The normalized spacial score (nSPS) is 26.1. The van der Waals surface area contributed by atoms with Crippen molar-refractivity contribution in [2.75, 3.05) is 13.7 Å². The number of halogens is 3. The lowest BCUT2D eigenvalue weighted by molar-refractivity contribution is -0.329. The zero-order chi connectivity index (χ0) is 19.7. The predicted molar refractivity (Wildman–Crippen MR) is 92.3 cm³/mol. The largest absolute Gasteiger partial charge is 0.466 e. The molecule has 0 saturated carbocycles. The summed E-state index contributed by atoms with van der Waals surface area (Å²) in [6, 6.07) is 14.8. The highest BCUT2D eigenvalue weighted by atomic mass is 19.4. The summed E-state index contributed by atoms with van der Waals surface area (Å²) < 4.78 is 48.4. The molecule has 2 aromatic carbocycles. The second-order valence-corrected chi connectivity index (χ2v) is 6.32. The van der Waals surface area contributed by atoms with Crippen LogP contribution in [0.3, 0.4) is 0 Å². The molecule has 4 nitrogen and oxygen atoms in total. The minimum Gasteiger partial charge on any atom is -0.466 e. The molecule has 0 aromatic heterocycles. The number of alkyl halides is 3. The summed E-state index contributed by atoms with van der Waals surface area (Å²) in [5.41, 5.74) is -2.43. The van der Waals surface area contributed by atoms with Crippen molar-refractivity contribution in [2.45, 2.75) is 24.7 Å². The number of hydrogen-bond donors (Lipinski definition) is 0. The molecule has 144 valence electrons. The first-order valence-corrected chi connectivity index (χ1v) is 8.58. The van der Waals surface area contributed by atoms with Crippen LogP contribution < -0.4 is 0 Å². The Bertz CT molecular complexity index is 782. The third-order valence-corrected chi connectivity index (χ3v) is 4.74. The van der Waals surface area contributed by atoms with Crippen LogP contribution in [0.1, 0.15) is 24.1 Å². The van der Waals surface area contributed by atoms with E-state index < -0.39 is 29.7 Å². The van der Waals surface area contributed by atoms with Gasteiger partial charge in [-0.3, -0.25) is 9.63 Å². The minimum absolute atomic E-state index is 0.0245. The summed E-state index contributed by atoms with van der Waals surface area (Å²) in [7, 11) is 1.40. The monoisotopic (exact) mass is 379 g/mol. The van der Waals surface area contributed by atoms with E-state index in [9.17, 15) is 18.0 Å². The molecule has 0 aliphatic carbocycles. The Hall–Kier alpha value is -2.38. The summed E-state index contributed by atoms with van der Waals surface area (Å²) in [6.45, 7) is 1.54. The van der Waals surface area contributed by atoms with Crippen molar-refractivity contribution in [1.29, 1.82) is 0 Å². The first-order chi connectivity index (χ1) is 12.8. The third-order valence-electron chi connectivity index (χ3n) is 4.74. The molecule has 1 heterocycles. The fourth-order valence-electron chi connectivity index (χ4n) is 3.66. The average molecular weight is 379 g/mol. The molecule has 1 saturated heterocycles. The van der Waals surface area contributed by atoms with E-state index in [1.165, 1.54) is 31.3 Å². The SMILES string of the molecule is CCOC(=O)[C@H]1[C@H](c2ccccc2)N(C)O[C@@]1(c1ccccc1)C(F)(F)F. The lowest BCUT2D eigenvalue weighted by Gasteiger charge is -2.35. The number of benzene rings is 2. The van der Waals surface area contributed by atoms with Gasteiger partial charge in [0.05, 0.1) is 12.6 Å². The lowest BCUT2D eigenvalue weighted by Crippen LogP contribution is -2.51. The molecule has 0 N–H and O–H groups in total. The van der Waals surface area contributed by atoms with Gasteiger partial charge < -0.3 is 4.74 Å². The van der Waals surface area contributed by atoms with Gasteiger partial charge >= 0.3 is 12.1 Å². The molecule has 3 rings (SSSR count). The molecule has 7 heteroatoms. The second-order valence-electron chi connectivity index (χ2n) is 6.32. The van der Waals surface area contributed by atoms with Gasteiger partial charge in [0, 0.05) is 7.05 Å². The Balaban J connectivity index is 2.24. The van der Waals surface area contributed by atoms with Gasteiger partial charge in [-0.15, -0.1) is 0 Å².